The van der Waals surface area contributed by atoms with Crippen molar-refractivity contribution >= 4 is 36.4 Å². The van der Waals surface area contributed by atoms with E-state index >= 15 is 0 Å². The predicted molar refractivity (Wildman–Crippen MR) is 94.7 cm³/mol. The molecule has 1 aliphatic heterocycles. The van der Waals surface area contributed by atoms with Gasteiger partial charge in [-0.2, -0.15) is 0 Å². The molecule has 2 unspecified atom stereocenters. The van der Waals surface area contributed by atoms with Crippen molar-refractivity contribution in [1.82, 2.24) is 4.90 Å². The number of hydrogen-bond acceptors (Lipinski definition) is 9. The first-order valence-corrected chi connectivity index (χ1v) is 9.79. The molecule has 1 aliphatic rings. The number of amides is 1. The van der Waals surface area contributed by atoms with Crippen LogP contribution >= 0.6 is 24.0 Å². The summed E-state index contributed by atoms with van der Waals surface area (Å²) in [5.74, 6) is 5.76. The van der Waals surface area contributed by atoms with Gasteiger partial charge in [-0.1, -0.05) is 6.42 Å². The van der Waals surface area contributed by atoms with Gasteiger partial charge in [0.05, 0.1) is 6.04 Å². The Morgan fingerprint density at radius 1 is 1.42 bits per heavy atom. The highest BCUT2D eigenvalue weighted by molar-refractivity contribution is 7.98. The molecule has 0 saturated carbocycles. The molecule has 0 aliphatic carbocycles. The molecule has 0 radical (unpaired) electrons. The van der Waals surface area contributed by atoms with E-state index in [4.69, 9.17) is 10.6 Å². The first-order chi connectivity index (χ1) is 11.7. The lowest BCUT2D eigenvalue weighted by Crippen LogP contribution is -2.38. The zero-order valence-corrected chi connectivity index (χ0v) is 15.3. The van der Waals surface area contributed by atoms with E-state index in [-0.39, 0.29) is 23.8 Å². The second-order valence-electron chi connectivity index (χ2n) is 5.57. The molecule has 1 rings (SSSR count). The van der Waals surface area contributed by atoms with Crippen molar-refractivity contribution in [2.75, 3.05) is 18.9 Å². The molecule has 8 nitrogen and oxygen atoms in total. The largest absolute Gasteiger partial charge is 0.466 e. The molecule has 10 heteroatoms. The van der Waals surface area contributed by atoms with Gasteiger partial charge in [-0.3, -0.25) is 9.59 Å². The van der Waals surface area contributed by atoms with Crippen molar-refractivity contribution in [1.29, 1.82) is 0 Å². The van der Waals surface area contributed by atoms with Crippen LogP contribution in [0.25, 0.3) is 0 Å². The summed E-state index contributed by atoms with van der Waals surface area (Å²) in [6, 6.07) is 0.0126. The Morgan fingerprint density at radius 3 is 2.96 bits per heavy atom. The Balaban J connectivity index is 2.23. The van der Waals surface area contributed by atoms with Crippen LogP contribution < -0.4 is 5.90 Å². The zero-order chi connectivity index (χ0) is 17.6. The van der Waals surface area contributed by atoms with E-state index in [0.717, 1.165) is 69.1 Å². The summed E-state index contributed by atoms with van der Waals surface area (Å²) in [5.41, 5.74) is 0. The van der Waals surface area contributed by atoms with Crippen molar-refractivity contribution in [3.63, 3.8) is 0 Å². The molecule has 0 spiro atoms. The molecule has 2 atom stereocenters. The van der Waals surface area contributed by atoms with E-state index in [1.807, 2.05) is 4.90 Å². The smallest absolute Gasteiger partial charge is 0.293 e. The van der Waals surface area contributed by atoms with Crippen molar-refractivity contribution in [2.24, 2.45) is 10.5 Å². The number of rotatable bonds is 14. The summed E-state index contributed by atoms with van der Waals surface area (Å²) in [6.07, 6.45) is 5.54. The monoisotopic (exact) mass is 379 g/mol. The van der Waals surface area contributed by atoms with E-state index in [2.05, 4.69) is 8.87 Å². The van der Waals surface area contributed by atoms with Gasteiger partial charge in [-0.15, -0.1) is 4.91 Å². The standard InChI is InChI=1S/C14H25N3O5S2/c15-22-23-9-7-13(24-16-20)5-1-2-6-14(19)17-8-3-4-12(17)10-21-11-18/h11-13H,1-10,15H2. The van der Waals surface area contributed by atoms with E-state index in [1.165, 1.54) is 0 Å². The third-order valence-electron chi connectivity index (χ3n) is 4.00. The van der Waals surface area contributed by atoms with Crippen LogP contribution in [0, 0.1) is 4.91 Å². The average Bonchev–Trinajstić information content (AvgIpc) is 3.05. The molecule has 1 fully saturated rings. The molecule has 138 valence electrons. The van der Waals surface area contributed by atoms with Gasteiger partial charge in [-0.05, 0) is 32.1 Å². The number of carbonyl (C=O) groups excluding carboxylic acids is 2. The maximum absolute atomic E-state index is 12.3. The van der Waals surface area contributed by atoms with Gasteiger partial charge < -0.3 is 9.64 Å². The Kier molecular flexibility index (Phi) is 11.9. The minimum Gasteiger partial charge on any atom is -0.466 e. The zero-order valence-electron chi connectivity index (χ0n) is 13.6. The van der Waals surface area contributed by atoms with Crippen molar-refractivity contribution < 1.29 is 18.6 Å². The minimum atomic E-state index is 0.0126. The highest BCUT2D eigenvalue weighted by Crippen LogP contribution is 2.24. The predicted octanol–water partition coefficient (Wildman–Crippen LogP) is 2.42. The molecule has 1 amide bonds. The highest BCUT2D eigenvalue weighted by Gasteiger charge is 2.28. The Hall–Kier alpha value is -0.840. The number of carbonyl (C=O) groups is 2. The second kappa shape index (κ2) is 13.5. The molecule has 0 aromatic carbocycles. The van der Waals surface area contributed by atoms with Crippen LogP contribution in [0.5, 0.6) is 0 Å². The van der Waals surface area contributed by atoms with Crippen LogP contribution in [0.1, 0.15) is 44.9 Å². The topological polar surface area (TPSA) is 111 Å². The molecular weight excluding hydrogens is 354 g/mol. The SMILES string of the molecule is NOSCCC(CCCCC(=O)N1CCCC1COC=O)SN=O. The summed E-state index contributed by atoms with van der Waals surface area (Å²) in [6.45, 7) is 1.43. The number of ether oxygens (including phenoxy) is 1. The lowest BCUT2D eigenvalue weighted by molar-refractivity contribution is -0.137. The van der Waals surface area contributed by atoms with Crippen molar-refractivity contribution in [2.45, 2.75) is 56.2 Å². The average molecular weight is 380 g/mol. The Bertz CT molecular complexity index is 389. The molecule has 1 heterocycles. The quantitative estimate of drug-likeness (QED) is 0.122. The maximum atomic E-state index is 12.3. The second-order valence-corrected chi connectivity index (χ2v) is 7.43. The number of nitrogens with two attached hydrogens (primary N) is 1. The lowest BCUT2D eigenvalue weighted by atomic mass is 10.1. The molecule has 0 bridgehead atoms. The first-order valence-electron chi connectivity index (χ1n) is 8.04. The van der Waals surface area contributed by atoms with Gasteiger partial charge in [0, 0.05) is 52.5 Å². The van der Waals surface area contributed by atoms with Crippen LogP contribution in [0.4, 0.5) is 0 Å². The molecule has 0 aromatic heterocycles. The van der Waals surface area contributed by atoms with Crippen LogP contribution in [-0.4, -0.2) is 47.5 Å². The van der Waals surface area contributed by atoms with Crippen molar-refractivity contribution in [3.05, 3.63) is 4.91 Å². The Morgan fingerprint density at radius 2 is 2.25 bits per heavy atom. The number of likely N-dealkylation sites (tertiary alicyclic amines) is 1. The van der Waals surface area contributed by atoms with Gasteiger partial charge in [-0.25, -0.2) is 10.2 Å². The van der Waals surface area contributed by atoms with E-state index in [1.54, 1.807) is 0 Å². The lowest BCUT2D eigenvalue weighted by Gasteiger charge is -2.24. The highest BCUT2D eigenvalue weighted by atomic mass is 32.2. The normalized spacial score (nSPS) is 18.4. The molecule has 2 N–H and O–H groups in total. The summed E-state index contributed by atoms with van der Waals surface area (Å²) < 4.78 is 12.1. The van der Waals surface area contributed by atoms with Crippen molar-refractivity contribution in [3.8, 4) is 0 Å². The van der Waals surface area contributed by atoms with Crippen LogP contribution in [0.3, 0.4) is 0 Å². The van der Waals surface area contributed by atoms with Gasteiger partial charge >= 0.3 is 0 Å². The first kappa shape index (κ1) is 21.2. The molecular formula is C14H25N3O5S2. The third-order valence-corrected chi connectivity index (χ3v) is 5.40. The molecule has 1 saturated heterocycles. The van der Waals surface area contributed by atoms with Gasteiger partial charge in [0.25, 0.3) is 6.47 Å². The van der Waals surface area contributed by atoms with Crippen LogP contribution in [0.2, 0.25) is 0 Å². The maximum Gasteiger partial charge on any atom is 0.293 e. The fourth-order valence-corrected chi connectivity index (χ4v) is 4.06. The van der Waals surface area contributed by atoms with E-state index < -0.39 is 0 Å². The summed E-state index contributed by atoms with van der Waals surface area (Å²) in [5, 5.41) is 0.126. The van der Waals surface area contributed by atoms with Crippen LogP contribution in [0.15, 0.2) is 4.58 Å². The number of unbranched alkanes of at least 4 members (excludes halogenated alkanes) is 1. The fourth-order valence-electron chi connectivity index (χ4n) is 2.82. The van der Waals surface area contributed by atoms with Crippen LogP contribution in [-0.2, 0) is 18.6 Å². The van der Waals surface area contributed by atoms with Gasteiger partial charge in [0.2, 0.25) is 5.91 Å². The number of nitroso groups, excluding NO2 is 1. The summed E-state index contributed by atoms with van der Waals surface area (Å²) in [7, 11) is 0. The van der Waals surface area contributed by atoms with Gasteiger partial charge in [0.15, 0.2) is 0 Å². The summed E-state index contributed by atoms with van der Waals surface area (Å²) in [4.78, 5) is 34.8. The number of nitrogens with zero attached hydrogens (tertiary/aromatic N) is 2. The molecule has 24 heavy (non-hydrogen) atoms. The third kappa shape index (κ3) is 8.32. The minimum absolute atomic E-state index is 0.0126. The Labute approximate surface area is 150 Å². The number of hydrogen-bond donors (Lipinski definition) is 1. The fraction of sp³-hybridized carbons (Fsp3) is 0.857. The molecule has 0 aromatic rings. The van der Waals surface area contributed by atoms with Gasteiger partial charge in [0.1, 0.15) is 6.61 Å². The van der Waals surface area contributed by atoms with E-state index in [9.17, 15) is 14.5 Å². The van der Waals surface area contributed by atoms with E-state index in [0.29, 0.717) is 18.6 Å². The summed E-state index contributed by atoms with van der Waals surface area (Å²) >= 11 is 2.19.